The molecule has 0 aliphatic heterocycles. The zero-order valence-electron chi connectivity index (χ0n) is 13.4. The van der Waals surface area contributed by atoms with E-state index in [0.29, 0.717) is 18.6 Å². The molecule has 0 saturated carbocycles. The van der Waals surface area contributed by atoms with Crippen LogP contribution < -0.4 is 0 Å². The molecular formula is C20H18FNO2. The molecule has 0 bridgehead atoms. The zero-order chi connectivity index (χ0) is 16.9. The van der Waals surface area contributed by atoms with Crippen molar-refractivity contribution in [2.24, 2.45) is 0 Å². The van der Waals surface area contributed by atoms with Crippen LogP contribution in [-0.2, 0) is 16.0 Å². The first kappa shape index (κ1) is 16.0. The number of carbonyl (C=O) groups excluding carboxylic acids is 1. The second-order valence-electron chi connectivity index (χ2n) is 5.48. The summed E-state index contributed by atoms with van der Waals surface area (Å²) in [6.45, 7) is 2.09. The van der Waals surface area contributed by atoms with Gasteiger partial charge in [0.1, 0.15) is 5.82 Å². The lowest BCUT2D eigenvalue weighted by atomic mass is 10.0. The molecule has 0 fully saturated rings. The highest BCUT2D eigenvalue weighted by Crippen LogP contribution is 2.22. The average molecular weight is 323 g/mol. The number of benzene rings is 2. The predicted octanol–water partition coefficient (Wildman–Crippen LogP) is 4.50. The van der Waals surface area contributed by atoms with Crippen molar-refractivity contribution in [3.63, 3.8) is 0 Å². The lowest BCUT2D eigenvalue weighted by molar-refractivity contribution is -0.138. The average Bonchev–Trinajstić information content (AvgIpc) is 2.99. The molecule has 1 heterocycles. The van der Waals surface area contributed by atoms with E-state index in [1.54, 1.807) is 25.1 Å². The minimum atomic E-state index is -0.355. The van der Waals surface area contributed by atoms with Crippen LogP contribution in [0.25, 0.3) is 17.0 Å². The van der Waals surface area contributed by atoms with Crippen molar-refractivity contribution in [1.29, 1.82) is 0 Å². The number of hydrogen-bond acceptors (Lipinski definition) is 2. The molecule has 0 aliphatic rings. The van der Waals surface area contributed by atoms with E-state index in [2.05, 4.69) is 4.98 Å². The molecule has 3 rings (SSSR count). The van der Waals surface area contributed by atoms with Crippen LogP contribution in [0.2, 0.25) is 0 Å². The van der Waals surface area contributed by atoms with Gasteiger partial charge in [0.15, 0.2) is 0 Å². The second kappa shape index (κ2) is 7.13. The number of aromatic nitrogens is 1. The molecule has 2 aromatic carbocycles. The highest BCUT2D eigenvalue weighted by Gasteiger charge is 2.14. The first-order valence-electron chi connectivity index (χ1n) is 7.85. The summed E-state index contributed by atoms with van der Waals surface area (Å²) in [7, 11) is 0. The summed E-state index contributed by atoms with van der Waals surface area (Å²) in [5.41, 5.74) is 3.34. The topological polar surface area (TPSA) is 42.1 Å². The molecule has 3 aromatic rings. The standard InChI is InChI=1S/C20H18FNO2/c1-2-24-20(23)15(11-14-7-9-17(21)10-8-14)12-16-13-22-19-6-4-3-5-18(16)19/h3-11,13,22H,2,12H2,1H3/b15-11+. The van der Waals surface area contributed by atoms with Crippen LogP contribution in [0.15, 0.2) is 60.3 Å². The Hall–Kier alpha value is -2.88. The van der Waals surface area contributed by atoms with Crippen LogP contribution in [-0.4, -0.2) is 17.6 Å². The van der Waals surface area contributed by atoms with Crippen LogP contribution in [0.5, 0.6) is 0 Å². The predicted molar refractivity (Wildman–Crippen MR) is 93.0 cm³/mol. The van der Waals surface area contributed by atoms with Gasteiger partial charge in [0.05, 0.1) is 6.61 Å². The number of esters is 1. The minimum Gasteiger partial charge on any atom is -0.463 e. The highest BCUT2D eigenvalue weighted by atomic mass is 19.1. The number of para-hydroxylation sites is 1. The van der Waals surface area contributed by atoms with Crippen molar-refractivity contribution in [3.8, 4) is 0 Å². The Bertz CT molecular complexity index is 878. The summed E-state index contributed by atoms with van der Waals surface area (Å²) in [5, 5.41) is 1.08. The van der Waals surface area contributed by atoms with Gasteiger partial charge in [-0.3, -0.25) is 0 Å². The maximum Gasteiger partial charge on any atom is 0.334 e. The lowest BCUT2D eigenvalue weighted by Crippen LogP contribution is -2.09. The van der Waals surface area contributed by atoms with Crippen LogP contribution in [0, 0.1) is 5.82 Å². The van der Waals surface area contributed by atoms with Crippen LogP contribution in [0.4, 0.5) is 4.39 Å². The van der Waals surface area contributed by atoms with Crippen molar-refractivity contribution < 1.29 is 13.9 Å². The van der Waals surface area contributed by atoms with Gasteiger partial charge in [-0.1, -0.05) is 30.3 Å². The molecule has 0 unspecified atom stereocenters. The summed E-state index contributed by atoms with van der Waals surface area (Å²) in [4.78, 5) is 15.5. The summed E-state index contributed by atoms with van der Waals surface area (Å²) in [6, 6.07) is 14.0. The molecule has 122 valence electrons. The maximum atomic E-state index is 13.1. The molecule has 1 aromatic heterocycles. The fourth-order valence-electron chi connectivity index (χ4n) is 2.65. The van der Waals surface area contributed by atoms with Gasteiger partial charge in [-0.15, -0.1) is 0 Å². The molecule has 24 heavy (non-hydrogen) atoms. The molecule has 1 N–H and O–H groups in total. The second-order valence-corrected chi connectivity index (χ2v) is 5.48. The Balaban J connectivity index is 1.95. The summed E-state index contributed by atoms with van der Waals surface area (Å²) >= 11 is 0. The summed E-state index contributed by atoms with van der Waals surface area (Å²) in [6.07, 6.45) is 4.10. The normalized spacial score (nSPS) is 11.7. The Morgan fingerprint density at radius 1 is 1.17 bits per heavy atom. The molecule has 0 atom stereocenters. The van der Waals surface area contributed by atoms with Crippen molar-refractivity contribution in [3.05, 3.63) is 77.2 Å². The van der Waals surface area contributed by atoms with Gasteiger partial charge >= 0.3 is 5.97 Å². The first-order valence-corrected chi connectivity index (χ1v) is 7.85. The molecule has 0 saturated heterocycles. The Morgan fingerprint density at radius 3 is 2.67 bits per heavy atom. The maximum absolute atomic E-state index is 13.1. The first-order chi connectivity index (χ1) is 11.7. The smallest absolute Gasteiger partial charge is 0.334 e. The lowest BCUT2D eigenvalue weighted by Gasteiger charge is -2.07. The van der Waals surface area contributed by atoms with Gasteiger partial charge in [-0.25, -0.2) is 9.18 Å². The number of H-pyrrole nitrogens is 1. The molecule has 0 spiro atoms. The molecule has 0 radical (unpaired) electrons. The minimum absolute atomic E-state index is 0.304. The molecule has 0 aliphatic carbocycles. The van der Waals surface area contributed by atoms with E-state index in [4.69, 9.17) is 4.74 Å². The quantitative estimate of drug-likeness (QED) is 0.555. The summed E-state index contributed by atoms with van der Waals surface area (Å²) < 4.78 is 18.2. The third-order valence-electron chi connectivity index (χ3n) is 3.80. The van der Waals surface area contributed by atoms with E-state index in [9.17, 15) is 9.18 Å². The van der Waals surface area contributed by atoms with Gasteiger partial charge in [-0.2, -0.15) is 0 Å². The van der Waals surface area contributed by atoms with Crippen LogP contribution >= 0.6 is 0 Å². The number of carbonyl (C=O) groups is 1. The van der Waals surface area contributed by atoms with E-state index in [0.717, 1.165) is 22.0 Å². The number of rotatable bonds is 5. The third kappa shape index (κ3) is 3.54. The number of halogens is 1. The van der Waals surface area contributed by atoms with Gasteiger partial charge in [0.2, 0.25) is 0 Å². The SMILES string of the molecule is CCOC(=O)/C(=C/c1ccc(F)cc1)Cc1c[nH]c2ccccc12. The third-order valence-corrected chi connectivity index (χ3v) is 3.80. The molecular weight excluding hydrogens is 305 g/mol. The van der Waals surface area contributed by atoms with Crippen molar-refractivity contribution >= 4 is 22.9 Å². The Labute approximate surface area is 139 Å². The van der Waals surface area contributed by atoms with Crippen molar-refractivity contribution in [2.45, 2.75) is 13.3 Å². The van der Waals surface area contributed by atoms with Crippen LogP contribution in [0.1, 0.15) is 18.1 Å². The number of ether oxygens (including phenoxy) is 1. The monoisotopic (exact) mass is 323 g/mol. The largest absolute Gasteiger partial charge is 0.463 e. The van der Waals surface area contributed by atoms with Crippen LogP contribution in [0.3, 0.4) is 0 Å². The van der Waals surface area contributed by atoms with Gasteiger partial charge < -0.3 is 9.72 Å². The molecule has 0 amide bonds. The molecule has 4 heteroatoms. The number of nitrogens with one attached hydrogen (secondary N) is 1. The number of aromatic amines is 1. The highest BCUT2D eigenvalue weighted by molar-refractivity contribution is 5.95. The number of fused-ring (bicyclic) bond motifs is 1. The van der Waals surface area contributed by atoms with Gasteiger partial charge in [0.25, 0.3) is 0 Å². The zero-order valence-corrected chi connectivity index (χ0v) is 13.4. The van der Waals surface area contributed by atoms with E-state index in [1.807, 2.05) is 30.5 Å². The number of hydrogen-bond donors (Lipinski definition) is 1. The fraction of sp³-hybridized carbons (Fsp3) is 0.150. The fourth-order valence-corrected chi connectivity index (χ4v) is 2.65. The van der Waals surface area contributed by atoms with E-state index in [-0.39, 0.29) is 11.8 Å². The summed E-state index contributed by atoms with van der Waals surface area (Å²) in [5.74, 6) is -0.659. The van der Waals surface area contributed by atoms with Crippen molar-refractivity contribution in [1.82, 2.24) is 4.98 Å². The Kier molecular flexibility index (Phi) is 4.75. The van der Waals surface area contributed by atoms with Gasteiger partial charge in [-0.05, 0) is 42.3 Å². The molecule has 3 nitrogen and oxygen atoms in total. The van der Waals surface area contributed by atoms with Gasteiger partial charge in [0, 0.05) is 29.1 Å². The van der Waals surface area contributed by atoms with E-state index in [1.165, 1.54) is 12.1 Å². The van der Waals surface area contributed by atoms with E-state index >= 15 is 0 Å². The van der Waals surface area contributed by atoms with Crippen molar-refractivity contribution in [2.75, 3.05) is 6.61 Å². The van der Waals surface area contributed by atoms with E-state index < -0.39 is 0 Å². The Morgan fingerprint density at radius 2 is 1.92 bits per heavy atom.